The van der Waals surface area contributed by atoms with Crippen molar-refractivity contribution >= 4 is 5.71 Å². The van der Waals surface area contributed by atoms with Gasteiger partial charge in [-0.15, -0.1) is 0 Å². The van der Waals surface area contributed by atoms with E-state index in [-0.39, 0.29) is 0 Å². The highest BCUT2D eigenvalue weighted by molar-refractivity contribution is 5.99. The van der Waals surface area contributed by atoms with Gasteiger partial charge in [0.1, 0.15) is 0 Å². The largest absolute Gasteiger partial charge is 0.289 e. The Balaban J connectivity index is 2.64. The number of hydrogen-bond acceptors (Lipinski definition) is 1. The van der Waals surface area contributed by atoms with Crippen molar-refractivity contribution in [3.63, 3.8) is 0 Å². The van der Waals surface area contributed by atoms with Gasteiger partial charge < -0.3 is 0 Å². The van der Waals surface area contributed by atoms with Crippen LogP contribution in [0.15, 0.2) is 29.3 Å². The number of nitrogens with zero attached hydrogens (tertiary/aromatic N) is 1. The summed E-state index contributed by atoms with van der Waals surface area (Å²) < 4.78 is 0. The molecule has 1 rings (SSSR count). The van der Waals surface area contributed by atoms with E-state index in [1.807, 2.05) is 0 Å². The van der Waals surface area contributed by atoms with Crippen molar-refractivity contribution in [2.75, 3.05) is 6.54 Å². The summed E-state index contributed by atoms with van der Waals surface area (Å²) in [6.45, 7) is 5.20. The van der Waals surface area contributed by atoms with Crippen molar-refractivity contribution in [2.24, 2.45) is 10.9 Å². The molecule has 0 fully saturated rings. The average Bonchev–Trinajstić information content (AvgIpc) is 2.09. The molecule has 0 saturated carbocycles. The molecule has 12 heavy (non-hydrogen) atoms. The molecule has 0 bridgehead atoms. The fourth-order valence-electron chi connectivity index (χ4n) is 1.48. The van der Waals surface area contributed by atoms with Gasteiger partial charge in [-0.2, -0.15) is 0 Å². The second kappa shape index (κ2) is 4.91. The Bertz CT molecular complexity index is 211. The number of hydrogen-bond donors (Lipinski definition) is 0. The van der Waals surface area contributed by atoms with Crippen molar-refractivity contribution in [3.8, 4) is 0 Å². The minimum Gasteiger partial charge on any atom is -0.289 e. The summed E-state index contributed by atoms with van der Waals surface area (Å²) in [4.78, 5) is 4.46. The zero-order valence-electron chi connectivity index (χ0n) is 7.96. The third-order valence-corrected chi connectivity index (χ3v) is 2.04. The van der Waals surface area contributed by atoms with Gasteiger partial charge in [-0.1, -0.05) is 31.6 Å². The van der Waals surface area contributed by atoms with Gasteiger partial charge in [0.15, 0.2) is 0 Å². The van der Waals surface area contributed by atoms with E-state index in [2.05, 4.69) is 43.1 Å². The first-order valence-corrected chi connectivity index (χ1v) is 4.77. The van der Waals surface area contributed by atoms with Crippen LogP contribution >= 0.6 is 0 Å². The molecule has 0 saturated heterocycles. The van der Waals surface area contributed by atoms with Crippen molar-refractivity contribution < 1.29 is 0 Å². The zero-order chi connectivity index (χ0) is 8.81. The van der Waals surface area contributed by atoms with Crippen molar-refractivity contribution in [2.45, 2.75) is 26.7 Å². The molecule has 0 aromatic carbocycles. The summed E-state index contributed by atoms with van der Waals surface area (Å²) in [5.74, 6) is 0.569. The van der Waals surface area contributed by atoms with Gasteiger partial charge >= 0.3 is 0 Å². The second-order valence-electron chi connectivity index (χ2n) is 3.04. The lowest BCUT2D eigenvalue weighted by Gasteiger charge is -2.14. The minimum absolute atomic E-state index is 0.569. The minimum atomic E-state index is 0.569. The number of allylic oxidation sites excluding steroid dienone is 4. The third kappa shape index (κ3) is 2.33. The summed E-state index contributed by atoms with van der Waals surface area (Å²) >= 11 is 0. The van der Waals surface area contributed by atoms with E-state index >= 15 is 0 Å². The molecule has 1 aliphatic rings. The predicted octanol–water partition coefficient (Wildman–Crippen LogP) is 2.99. The average molecular weight is 163 g/mol. The topological polar surface area (TPSA) is 12.4 Å². The van der Waals surface area contributed by atoms with E-state index in [4.69, 9.17) is 0 Å². The Kier molecular flexibility index (Phi) is 3.78. The van der Waals surface area contributed by atoms with Crippen LogP contribution in [0.4, 0.5) is 0 Å². The predicted molar refractivity (Wildman–Crippen MR) is 54.7 cm³/mol. The smallest absolute Gasteiger partial charge is 0.0416 e. The highest BCUT2D eigenvalue weighted by atomic mass is 14.7. The lowest BCUT2D eigenvalue weighted by atomic mass is 9.94. The highest BCUT2D eigenvalue weighted by Gasteiger charge is 2.10. The van der Waals surface area contributed by atoms with Crippen LogP contribution in [-0.4, -0.2) is 12.3 Å². The van der Waals surface area contributed by atoms with Crippen LogP contribution in [0.3, 0.4) is 0 Å². The number of rotatable bonds is 3. The molecule has 1 unspecified atom stereocenters. The van der Waals surface area contributed by atoms with Gasteiger partial charge in [-0.25, -0.2) is 0 Å². The molecule has 0 aliphatic heterocycles. The molecule has 0 radical (unpaired) electrons. The molecule has 1 nitrogen and oxygen atoms in total. The summed E-state index contributed by atoms with van der Waals surface area (Å²) in [5.41, 5.74) is 1.25. The first kappa shape index (κ1) is 9.24. The van der Waals surface area contributed by atoms with Gasteiger partial charge in [-0.3, -0.25) is 4.99 Å². The Hall–Kier alpha value is -0.850. The van der Waals surface area contributed by atoms with Crippen LogP contribution in [0.5, 0.6) is 0 Å². The van der Waals surface area contributed by atoms with Gasteiger partial charge in [-0.05, 0) is 19.4 Å². The first-order chi connectivity index (χ1) is 5.88. The van der Waals surface area contributed by atoms with Crippen LogP contribution in [0.1, 0.15) is 26.7 Å². The maximum Gasteiger partial charge on any atom is 0.0416 e. The van der Waals surface area contributed by atoms with Gasteiger partial charge in [0.2, 0.25) is 0 Å². The lowest BCUT2D eigenvalue weighted by Crippen LogP contribution is -2.12. The van der Waals surface area contributed by atoms with E-state index < -0.39 is 0 Å². The van der Waals surface area contributed by atoms with Crippen LogP contribution in [0.2, 0.25) is 0 Å². The molecule has 0 N–H and O–H groups in total. The molecule has 0 heterocycles. The molecule has 0 aromatic rings. The van der Waals surface area contributed by atoms with Crippen LogP contribution in [0, 0.1) is 5.92 Å². The molecule has 1 aliphatic carbocycles. The molecular weight excluding hydrogens is 146 g/mol. The second-order valence-corrected chi connectivity index (χ2v) is 3.04. The normalized spacial score (nSPS) is 25.2. The maximum atomic E-state index is 4.46. The van der Waals surface area contributed by atoms with E-state index in [0.29, 0.717) is 5.92 Å². The Morgan fingerprint density at radius 1 is 1.33 bits per heavy atom. The Labute approximate surface area is 74.9 Å². The van der Waals surface area contributed by atoms with Crippen molar-refractivity contribution in [1.29, 1.82) is 0 Å². The summed E-state index contributed by atoms with van der Waals surface area (Å²) in [7, 11) is 0. The van der Waals surface area contributed by atoms with E-state index in [0.717, 1.165) is 6.54 Å². The van der Waals surface area contributed by atoms with Crippen molar-refractivity contribution in [1.82, 2.24) is 0 Å². The third-order valence-electron chi connectivity index (χ3n) is 2.04. The zero-order valence-corrected chi connectivity index (χ0v) is 7.96. The van der Waals surface area contributed by atoms with Gasteiger partial charge in [0, 0.05) is 18.2 Å². The first-order valence-electron chi connectivity index (χ1n) is 4.77. The standard InChI is InChI=1S/C11H17N/c1-3-7-10-8-5-6-9-11(10)12-4-2/h5-6,8-10H,3-4,7H2,1-2H3. The maximum absolute atomic E-state index is 4.46. The molecule has 0 aromatic heterocycles. The monoisotopic (exact) mass is 163 g/mol. The quantitative estimate of drug-likeness (QED) is 0.606. The highest BCUT2D eigenvalue weighted by Crippen LogP contribution is 2.15. The van der Waals surface area contributed by atoms with Crippen LogP contribution < -0.4 is 0 Å². The van der Waals surface area contributed by atoms with Crippen LogP contribution in [-0.2, 0) is 0 Å². The van der Waals surface area contributed by atoms with Gasteiger partial charge in [0.25, 0.3) is 0 Å². The molecule has 66 valence electrons. The van der Waals surface area contributed by atoms with Crippen LogP contribution in [0.25, 0.3) is 0 Å². The van der Waals surface area contributed by atoms with E-state index in [1.54, 1.807) is 0 Å². The lowest BCUT2D eigenvalue weighted by molar-refractivity contribution is 0.718. The van der Waals surface area contributed by atoms with E-state index in [1.165, 1.54) is 18.6 Å². The summed E-state index contributed by atoms with van der Waals surface area (Å²) in [6, 6.07) is 0. The molecule has 1 atom stereocenters. The fourth-order valence-corrected chi connectivity index (χ4v) is 1.48. The summed E-state index contributed by atoms with van der Waals surface area (Å²) in [5, 5.41) is 0. The molecule has 1 heteroatoms. The Morgan fingerprint density at radius 2 is 2.17 bits per heavy atom. The fraction of sp³-hybridized carbons (Fsp3) is 0.545. The van der Waals surface area contributed by atoms with Gasteiger partial charge in [0.05, 0.1) is 0 Å². The Morgan fingerprint density at radius 3 is 2.83 bits per heavy atom. The summed E-state index contributed by atoms with van der Waals surface area (Å²) in [6.07, 6.45) is 11.0. The SMILES string of the molecule is CCCC1C=CC=CC1=NCC. The molecule has 0 spiro atoms. The van der Waals surface area contributed by atoms with Crippen molar-refractivity contribution in [3.05, 3.63) is 24.3 Å². The molecular formula is C11H17N. The number of aliphatic imine (C=N–C) groups is 1. The van der Waals surface area contributed by atoms with E-state index in [9.17, 15) is 0 Å². The molecule has 0 amide bonds.